The molecule has 0 unspecified atom stereocenters. The van der Waals surface area contributed by atoms with E-state index in [-0.39, 0.29) is 0 Å². The van der Waals surface area contributed by atoms with Crippen LogP contribution in [0.3, 0.4) is 0 Å². The standard InChI is InChI=1S/C7H14N4O2S/c1-5-7(6(2)9-8-5)10-14(12,13)11(3)4/h10H,1-4H3,(H,8,9). The molecule has 0 aliphatic carbocycles. The van der Waals surface area contributed by atoms with Crippen molar-refractivity contribution in [2.45, 2.75) is 13.8 Å². The van der Waals surface area contributed by atoms with Crippen LogP contribution < -0.4 is 4.72 Å². The maximum atomic E-state index is 11.5. The third-order valence-corrected chi connectivity index (χ3v) is 3.26. The lowest BCUT2D eigenvalue weighted by Gasteiger charge is -2.13. The number of aromatic amines is 1. The van der Waals surface area contributed by atoms with Crippen molar-refractivity contribution in [3.05, 3.63) is 11.4 Å². The van der Waals surface area contributed by atoms with Gasteiger partial charge >= 0.3 is 10.2 Å². The van der Waals surface area contributed by atoms with Crippen molar-refractivity contribution in [1.82, 2.24) is 14.5 Å². The molecular formula is C7H14N4O2S. The summed E-state index contributed by atoms with van der Waals surface area (Å²) in [5.74, 6) is 0. The van der Waals surface area contributed by atoms with Crippen molar-refractivity contribution in [2.24, 2.45) is 0 Å². The first-order chi connectivity index (χ1) is 6.34. The highest BCUT2D eigenvalue weighted by molar-refractivity contribution is 7.90. The Balaban J connectivity index is 3.01. The molecule has 0 radical (unpaired) electrons. The van der Waals surface area contributed by atoms with E-state index in [1.54, 1.807) is 13.8 Å². The van der Waals surface area contributed by atoms with Crippen molar-refractivity contribution in [2.75, 3.05) is 18.8 Å². The Morgan fingerprint density at radius 3 is 2.29 bits per heavy atom. The maximum absolute atomic E-state index is 11.5. The van der Waals surface area contributed by atoms with Gasteiger partial charge in [0.05, 0.1) is 17.1 Å². The maximum Gasteiger partial charge on any atom is 0.301 e. The van der Waals surface area contributed by atoms with E-state index in [0.717, 1.165) is 4.31 Å². The molecule has 1 aromatic rings. The first-order valence-electron chi connectivity index (χ1n) is 4.06. The monoisotopic (exact) mass is 218 g/mol. The topological polar surface area (TPSA) is 78.1 Å². The third-order valence-electron chi connectivity index (χ3n) is 1.84. The zero-order valence-electron chi connectivity index (χ0n) is 8.62. The molecule has 14 heavy (non-hydrogen) atoms. The van der Waals surface area contributed by atoms with Gasteiger partial charge in [0.15, 0.2) is 0 Å². The number of anilines is 1. The molecule has 0 spiro atoms. The van der Waals surface area contributed by atoms with E-state index < -0.39 is 10.2 Å². The Morgan fingerprint density at radius 2 is 1.93 bits per heavy atom. The van der Waals surface area contributed by atoms with Crippen molar-refractivity contribution in [3.8, 4) is 0 Å². The van der Waals surface area contributed by atoms with Gasteiger partial charge in [-0.3, -0.25) is 9.82 Å². The third kappa shape index (κ3) is 2.05. The molecule has 1 heterocycles. The lowest BCUT2D eigenvalue weighted by atomic mass is 10.3. The molecule has 0 saturated heterocycles. The molecule has 80 valence electrons. The zero-order valence-corrected chi connectivity index (χ0v) is 9.44. The van der Waals surface area contributed by atoms with Gasteiger partial charge in [-0.05, 0) is 13.8 Å². The number of H-pyrrole nitrogens is 1. The van der Waals surface area contributed by atoms with Gasteiger partial charge in [0.1, 0.15) is 0 Å². The van der Waals surface area contributed by atoms with Crippen molar-refractivity contribution >= 4 is 15.9 Å². The minimum absolute atomic E-state index is 0.513. The van der Waals surface area contributed by atoms with Gasteiger partial charge in [0.25, 0.3) is 0 Å². The predicted octanol–water partition coefficient (Wildman–Crippen LogP) is 0.245. The van der Waals surface area contributed by atoms with E-state index in [9.17, 15) is 8.42 Å². The molecule has 0 saturated carbocycles. The van der Waals surface area contributed by atoms with Crippen LogP contribution in [0.15, 0.2) is 0 Å². The number of hydrogen-bond donors (Lipinski definition) is 2. The molecule has 0 aliphatic heterocycles. The van der Waals surface area contributed by atoms with Crippen LogP contribution in [0.25, 0.3) is 0 Å². The molecule has 1 rings (SSSR count). The van der Waals surface area contributed by atoms with E-state index >= 15 is 0 Å². The van der Waals surface area contributed by atoms with E-state index in [1.165, 1.54) is 14.1 Å². The first-order valence-corrected chi connectivity index (χ1v) is 5.50. The van der Waals surface area contributed by atoms with Gasteiger partial charge in [-0.15, -0.1) is 0 Å². The van der Waals surface area contributed by atoms with Crippen LogP contribution in [0.1, 0.15) is 11.4 Å². The van der Waals surface area contributed by atoms with E-state index in [2.05, 4.69) is 14.9 Å². The highest BCUT2D eigenvalue weighted by Gasteiger charge is 2.17. The molecule has 0 aromatic carbocycles. The number of rotatable bonds is 3. The molecular weight excluding hydrogens is 204 g/mol. The Morgan fingerprint density at radius 1 is 1.36 bits per heavy atom. The van der Waals surface area contributed by atoms with Crippen molar-refractivity contribution in [3.63, 3.8) is 0 Å². The summed E-state index contributed by atoms with van der Waals surface area (Å²) in [6.07, 6.45) is 0. The second kappa shape index (κ2) is 3.58. The molecule has 1 aromatic heterocycles. The summed E-state index contributed by atoms with van der Waals surface area (Å²) in [5, 5.41) is 6.59. The summed E-state index contributed by atoms with van der Waals surface area (Å²) < 4.78 is 26.5. The van der Waals surface area contributed by atoms with Crippen LogP contribution in [-0.4, -0.2) is 37.0 Å². The quantitative estimate of drug-likeness (QED) is 0.763. The van der Waals surface area contributed by atoms with E-state index in [0.29, 0.717) is 17.1 Å². The number of aromatic nitrogens is 2. The van der Waals surface area contributed by atoms with Crippen molar-refractivity contribution < 1.29 is 8.42 Å². The van der Waals surface area contributed by atoms with Gasteiger partial charge in [0, 0.05) is 14.1 Å². The largest absolute Gasteiger partial charge is 0.301 e. The van der Waals surface area contributed by atoms with Crippen LogP contribution in [0.4, 0.5) is 5.69 Å². The summed E-state index contributed by atoms with van der Waals surface area (Å²) >= 11 is 0. The van der Waals surface area contributed by atoms with Gasteiger partial charge < -0.3 is 0 Å². The number of aryl methyl sites for hydroxylation is 2. The first kappa shape index (κ1) is 11.0. The Kier molecular flexibility index (Phi) is 2.81. The minimum Gasteiger partial charge on any atom is -0.280 e. The van der Waals surface area contributed by atoms with Gasteiger partial charge in [0.2, 0.25) is 0 Å². The Labute approximate surface area is 83.5 Å². The molecule has 0 aliphatic rings. The normalized spacial score (nSPS) is 12.1. The zero-order chi connectivity index (χ0) is 10.9. The Bertz CT molecular complexity index is 401. The second-order valence-electron chi connectivity index (χ2n) is 3.20. The van der Waals surface area contributed by atoms with E-state index in [4.69, 9.17) is 0 Å². The van der Waals surface area contributed by atoms with Crippen LogP contribution >= 0.6 is 0 Å². The molecule has 0 fully saturated rings. The molecule has 2 N–H and O–H groups in total. The second-order valence-corrected chi connectivity index (χ2v) is 5.08. The average Bonchev–Trinajstić information content (AvgIpc) is 2.35. The van der Waals surface area contributed by atoms with Crippen molar-refractivity contribution in [1.29, 1.82) is 0 Å². The smallest absolute Gasteiger partial charge is 0.280 e. The fraction of sp³-hybridized carbons (Fsp3) is 0.571. The van der Waals surface area contributed by atoms with Crippen LogP contribution in [0, 0.1) is 13.8 Å². The van der Waals surface area contributed by atoms with Gasteiger partial charge in [-0.1, -0.05) is 0 Å². The van der Waals surface area contributed by atoms with Crippen LogP contribution in [-0.2, 0) is 10.2 Å². The average molecular weight is 218 g/mol. The van der Waals surface area contributed by atoms with Gasteiger partial charge in [-0.2, -0.15) is 17.8 Å². The molecule has 0 bridgehead atoms. The number of hydrogen-bond acceptors (Lipinski definition) is 3. The van der Waals surface area contributed by atoms with Crippen LogP contribution in [0.2, 0.25) is 0 Å². The lowest BCUT2D eigenvalue weighted by molar-refractivity contribution is 0.526. The predicted molar refractivity (Wildman–Crippen MR) is 54.3 cm³/mol. The summed E-state index contributed by atoms with van der Waals surface area (Å²) in [5.41, 5.74) is 1.85. The van der Waals surface area contributed by atoms with E-state index in [1.807, 2.05) is 0 Å². The van der Waals surface area contributed by atoms with Crippen LogP contribution in [0.5, 0.6) is 0 Å². The summed E-state index contributed by atoms with van der Waals surface area (Å²) in [6.45, 7) is 3.49. The Hall–Kier alpha value is -1.08. The summed E-state index contributed by atoms with van der Waals surface area (Å²) in [7, 11) is -0.512. The summed E-state index contributed by atoms with van der Waals surface area (Å²) in [4.78, 5) is 0. The SMILES string of the molecule is Cc1n[nH]c(C)c1NS(=O)(=O)N(C)C. The molecule has 7 heteroatoms. The highest BCUT2D eigenvalue weighted by Crippen LogP contribution is 2.17. The highest BCUT2D eigenvalue weighted by atomic mass is 32.2. The fourth-order valence-electron chi connectivity index (χ4n) is 0.922. The lowest BCUT2D eigenvalue weighted by Crippen LogP contribution is -2.29. The summed E-state index contributed by atoms with van der Waals surface area (Å²) in [6, 6.07) is 0. The fourth-order valence-corrected chi connectivity index (χ4v) is 1.66. The molecule has 0 amide bonds. The van der Waals surface area contributed by atoms with Gasteiger partial charge in [-0.25, -0.2) is 0 Å². The number of nitrogens with zero attached hydrogens (tertiary/aromatic N) is 2. The number of nitrogens with one attached hydrogen (secondary N) is 2. The minimum atomic E-state index is -3.44. The molecule has 0 atom stereocenters. The molecule has 6 nitrogen and oxygen atoms in total.